The van der Waals surface area contributed by atoms with Crippen molar-refractivity contribution in [3.05, 3.63) is 26.6 Å². The normalized spacial score (nSPS) is 17.2. The molecule has 0 unspecified atom stereocenters. The van der Waals surface area contributed by atoms with Gasteiger partial charge in [-0.3, -0.25) is 9.69 Å². The van der Waals surface area contributed by atoms with Crippen LogP contribution in [0.2, 0.25) is 0 Å². The summed E-state index contributed by atoms with van der Waals surface area (Å²) in [4.78, 5) is 24.5. The fourth-order valence-electron chi connectivity index (χ4n) is 3.28. The van der Waals surface area contributed by atoms with Gasteiger partial charge in [0, 0.05) is 4.88 Å². The van der Waals surface area contributed by atoms with Crippen LogP contribution in [0.1, 0.15) is 36.0 Å². The Kier molecular flexibility index (Phi) is 5.14. The van der Waals surface area contributed by atoms with Gasteiger partial charge in [0.25, 0.3) is 5.56 Å². The summed E-state index contributed by atoms with van der Waals surface area (Å²) in [5, 5.41) is 4.21. The van der Waals surface area contributed by atoms with E-state index in [1.165, 1.54) is 17.7 Å². The predicted octanol–water partition coefficient (Wildman–Crippen LogP) is 2.42. The maximum absolute atomic E-state index is 12.3. The van der Waals surface area contributed by atoms with E-state index in [-0.39, 0.29) is 5.56 Å². The molecule has 5 nitrogen and oxygen atoms in total. The van der Waals surface area contributed by atoms with Gasteiger partial charge in [-0.05, 0) is 64.3 Å². The minimum absolute atomic E-state index is 0.00822. The van der Waals surface area contributed by atoms with Gasteiger partial charge in [-0.1, -0.05) is 6.92 Å². The van der Waals surface area contributed by atoms with Crippen LogP contribution in [0.4, 0.5) is 0 Å². The first-order chi connectivity index (χ1) is 11.1. The Morgan fingerprint density at radius 1 is 1.35 bits per heavy atom. The zero-order chi connectivity index (χ0) is 16.4. The molecular weight excluding hydrogens is 308 g/mol. The van der Waals surface area contributed by atoms with E-state index in [9.17, 15) is 4.79 Å². The minimum atomic E-state index is 0.00822. The van der Waals surface area contributed by atoms with Gasteiger partial charge in [-0.25, -0.2) is 4.98 Å². The average molecular weight is 334 g/mol. The van der Waals surface area contributed by atoms with Crippen LogP contribution < -0.4 is 10.9 Å². The molecule has 3 heterocycles. The molecule has 126 valence electrons. The molecule has 6 heteroatoms. The van der Waals surface area contributed by atoms with E-state index in [4.69, 9.17) is 0 Å². The second-order valence-corrected chi connectivity index (χ2v) is 7.71. The van der Waals surface area contributed by atoms with Crippen molar-refractivity contribution in [2.45, 2.75) is 40.2 Å². The average Bonchev–Trinajstić information content (AvgIpc) is 2.81. The number of aromatic amines is 1. The number of aromatic nitrogens is 2. The van der Waals surface area contributed by atoms with Crippen LogP contribution in [0.15, 0.2) is 4.79 Å². The molecule has 0 radical (unpaired) electrons. The summed E-state index contributed by atoms with van der Waals surface area (Å²) in [5.74, 6) is 1.58. The first-order valence-electron chi connectivity index (χ1n) is 8.50. The van der Waals surface area contributed by atoms with Crippen LogP contribution >= 0.6 is 11.3 Å². The number of hydrogen-bond acceptors (Lipinski definition) is 5. The molecule has 0 saturated carbocycles. The molecule has 0 aromatic carbocycles. The molecule has 1 fully saturated rings. The van der Waals surface area contributed by atoms with E-state index in [2.05, 4.69) is 34.0 Å². The van der Waals surface area contributed by atoms with E-state index >= 15 is 0 Å². The lowest BCUT2D eigenvalue weighted by Gasteiger charge is -2.31. The Labute approximate surface area is 141 Å². The van der Waals surface area contributed by atoms with Crippen molar-refractivity contribution in [3.8, 4) is 0 Å². The second-order valence-electron chi connectivity index (χ2n) is 6.50. The van der Waals surface area contributed by atoms with Crippen LogP contribution in [0.3, 0.4) is 0 Å². The third-order valence-corrected chi connectivity index (χ3v) is 5.95. The van der Waals surface area contributed by atoms with Crippen LogP contribution in [0.25, 0.3) is 10.2 Å². The van der Waals surface area contributed by atoms with Gasteiger partial charge in [0.1, 0.15) is 10.7 Å². The Balaban J connectivity index is 1.67. The van der Waals surface area contributed by atoms with Crippen LogP contribution in [0.5, 0.6) is 0 Å². The molecule has 2 aromatic rings. The Bertz CT molecular complexity index is 728. The number of thiophene rings is 1. The van der Waals surface area contributed by atoms with Crippen LogP contribution in [-0.2, 0) is 6.54 Å². The molecule has 23 heavy (non-hydrogen) atoms. The zero-order valence-corrected chi connectivity index (χ0v) is 15.1. The van der Waals surface area contributed by atoms with Crippen LogP contribution in [0, 0.1) is 19.8 Å². The lowest BCUT2D eigenvalue weighted by molar-refractivity contribution is 0.172. The molecule has 2 N–H and O–H groups in total. The molecule has 0 spiro atoms. The van der Waals surface area contributed by atoms with Crippen molar-refractivity contribution in [2.24, 2.45) is 5.92 Å². The first kappa shape index (κ1) is 16.6. The molecule has 1 aliphatic rings. The molecule has 2 aromatic heterocycles. The van der Waals surface area contributed by atoms with Crippen molar-refractivity contribution in [2.75, 3.05) is 26.2 Å². The number of hydrogen-bond donors (Lipinski definition) is 2. The third kappa shape index (κ3) is 3.65. The second kappa shape index (κ2) is 7.11. The predicted molar refractivity (Wildman–Crippen MR) is 96.3 cm³/mol. The summed E-state index contributed by atoms with van der Waals surface area (Å²) in [6.45, 7) is 11.3. The topological polar surface area (TPSA) is 61.0 Å². The summed E-state index contributed by atoms with van der Waals surface area (Å²) >= 11 is 1.62. The molecular formula is C17H26N4OS. The van der Waals surface area contributed by atoms with E-state index in [0.29, 0.717) is 0 Å². The maximum Gasteiger partial charge on any atom is 0.259 e. The van der Waals surface area contributed by atoms with E-state index in [1.807, 2.05) is 6.92 Å². The summed E-state index contributed by atoms with van der Waals surface area (Å²) in [6, 6.07) is 0. The lowest BCUT2D eigenvalue weighted by Crippen LogP contribution is -2.37. The largest absolute Gasteiger partial charge is 0.317 e. The highest BCUT2D eigenvalue weighted by Gasteiger charge is 2.20. The Morgan fingerprint density at radius 3 is 2.78 bits per heavy atom. The fourth-order valence-corrected chi connectivity index (χ4v) is 4.33. The quantitative estimate of drug-likeness (QED) is 0.881. The Hall–Kier alpha value is -1.24. The first-order valence-corrected chi connectivity index (χ1v) is 9.32. The number of piperidine rings is 1. The van der Waals surface area contributed by atoms with Crippen molar-refractivity contribution >= 4 is 21.6 Å². The minimum Gasteiger partial charge on any atom is -0.317 e. The number of nitrogens with one attached hydrogen (secondary N) is 2. The maximum atomic E-state index is 12.3. The fraction of sp³-hybridized carbons (Fsp3) is 0.647. The highest BCUT2D eigenvalue weighted by molar-refractivity contribution is 7.18. The zero-order valence-electron chi connectivity index (χ0n) is 14.2. The SMILES string of the molecule is CCNCC1CCN(Cc2nc3sc(C)c(C)c3c(=O)[nH]2)CC1. The Morgan fingerprint density at radius 2 is 2.09 bits per heavy atom. The molecule has 0 amide bonds. The summed E-state index contributed by atoms with van der Waals surface area (Å²) in [6.07, 6.45) is 2.44. The smallest absolute Gasteiger partial charge is 0.259 e. The van der Waals surface area contributed by atoms with E-state index in [1.54, 1.807) is 11.3 Å². The van der Waals surface area contributed by atoms with Crippen molar-refractivity contribution in [3.63, 3.8) is 0 Å². The van der Waals surface area contributed by atoms with Gasteiger partial charge in [0.15, 0.2) is 0 Å². The van der Waals surface area contributed by atoms with Crippen molar-refractivity contribution in [1.29, 1.82) is 0 Å². The standard InChI is InChI=1S/C17H26N4OS/c1-4-18-9-13-5-7-21(8-6-13)10-14-19-16(22)15-11(2)12(3)23-17(15)20-14/h13,18H,4-10H2,1-3H3,(H,19,20,22). The van der Waals surface area contributed by atoms with Gasteiger partial charge in [0.05, 0.1) is 11.9 Å². The number of nitrogens with zero attached hydrogens (tertiary/aromatic N) is 2. The summed E-state index contributed by atoms with van der Waals surface area (Å²) < 4.78 is 0. The van der Waals surface area contributed by atoms with Gasteiger partial charge >= 0.3 is 0 Å². The van der Waals surface area contributed by atoms with E-state index in [0.717, 1.165) is 60.2 Å². The highest BCUT2D eigenvalue weighted by Crippen LogP contribution is 2.26. The molecule has 0 aliphatic carbocycles. The van der Waals surface area contributed by atoms with Gasteiger partial charge in [-0.15, -0.1) is 11.3 Å². The molecule has 3 rings (SSSR count). The molecule has 0 atom stereocenters. The van der Waals surface area contributed by atoms with Crippen LogP contribution in [-0.4, -0.2) is 41.0 Å². The van der Waals surface area contributed by atoms with Crippen molar-refractivity contribution < 1.29 is 0 Å². The highest BCUT2D eigenvalue weighted by atomic mass is 32.1. The monoisotopic (exact) mass is 334 g/mol. The number of rotatable bonds is 5. The third-order valence-electron chi connectivity index (χ3n) is 4.85. The van der Waals surface area contributed by atoms with Gasteiger partial charge in [0.2, 0.25) is 0 Å². The van der Waals surface area contributed by atoms with E-state index < -0.39 is 0 Å². The summed E-state index contributed by atoms with van der Waals surface area (Å²) in [7, 11) is 0. The van der Waals surface area contributed by atoms with Gasteiger partial charge < -0.3 is 10.3 Å². The van der Waals surface area contributed by atoms with Gasteiger partial charge in [-0.2, -0.15) is 0 Å². The molecule has 1 saturated heterocycles. The number of aryl methyl sites for hydroxylation is 2. The number of H-pyrrole nitrogens is 1. The molecule has 0 bridgehead atoms. The lowest BCUT2D eigenvalue weighted by atomic mass is 9.97. The number of likely N-dealkylation sites (tertiary alicyclic amines) is 1. The van der Waals surface area contributed by atoms with Crippen molar-refractivity contribution in [1.82, 2.24) is 20.2 Å². The number of fused-ring (bicyclic) bond motifs is 1. The molecule has 1 aliphatic heterocycles. The summed E-state index contributed by atoms with van der Waals surface area (Å²) in [5.41, 5.74) is 1.07.